The number of ether oxygens (including phenoxy) is 1. The Kier molecular flexibility index (Phi) is 4.43. The molecule has 26 heavy (non-hydrogen) atoms. The number of rotatable bonds is 2. The molecule has 1 saturated carbocycles. The first-order chi connectivity index (χ1) is 12.6. The van der Waals surface area contributed by atoms with Gasteiger partial charge in [-0.15, -0.1) is 0 Å². The fraction of sp³-hybridized carbons (Fsp3) is 0.409. The third-order valence-electron chi connectivity index (χ3n) is 5.92. The molecule has 2 aromatic carbocycles. The standard InChI is InChI=1S/C22H24FNO2/c1-13-7-10-20-18(11-13)15-5-3-4-6-16(15)21(24-20)17-9-8-14(12-19(17)23)22(25)26-2/h7-12,15-16,21,24H,3-6H2,1-2H3/t15-,16+,21-/m1/s1. The van der Waals surface area contributed by atoms with Crippen LogP contribution in [0.5, 0.6) is 0 Å². The van der Waals surface area contributed by atoms with Gasteiger partial charge >= 0.3 is 5.97 Å². The van der Waals surface area contributed by atoms with Crippen LogP contribution >= 0.6 is 0 Å². The first-order valence-electron chi connectivity index (χ1n) is 9.33. The molecule has 136 valence electrons. The minimum absolute atomic E-state index is 0.0674. The topological polar surface area (TPSA) is 38.3 Å². The van der Waals surface area contributed by atoms with Gasteiger partial charge in [-0.1, -0.05) is 36.6 Å². The summed E-state index contributed by atoms with van der Waals surface area (Å²) in [5.74, 6) is -0.0187. The maximum Gasteiger partial charge on any atom is 0.337 e. The Balaban J connectivity index is 1.74. The van der Waals surface area contributed by atoms with Gasteiger partial charge in [0.1, 0.15) is 5.82 Å². The van der Waals surface area contributed by atoms with Crippen LogP contribution < -0.4 is 5.32 Å². The van der Waals surface area contributed by atoms with Crippen LogP contribution in [0.25, 0.3) is 0 Å². The zero-order valence-electron chi connectivity index (χ0n) is 15.2. The van der Waals surface area contributed by atoms with Gasteiger partial charge in [-0.2, -0.15) is 0 Å². The first kappa shape index (κ1) is 17.1. The summed E-state index contributed by atoms with van der Waals surface area (Å²) in [5.41, 5.74) is 4.64. The number of halogens is 1. The number of benzene rings is 2. The zero-order chi connectivity index (χ0) is 18.3. The minimum Gasteiger partial charge on any atom is -0.465 e. The number of anilines is 1. The number of hydrogen-bond acceptors (Lipinski definition) is 3. The Morgan fingerprint density at radius 1 is 1.12 bits per heavy atom. The van der Waals surface area contributed by atoms with E-state index in [2.05, 4.69) is 30.4 Å². The molecule has 0 bridgehead atoms. The van der Waals surface area contributed by atoms with Gasteiger partial charge in [0, 0.05) is 11.3 Å². The molecule has 4 heteroatoms. The molecule has 2 aromatic rings. The van der Waals surface area contributed by atoms with Crippen molar-refractivity contribution in [1.29, 1.82) is 0 Å². The average Bonchev–Trinajstić information content (AvgIpc) is 2.67. The fourth-order valence-electron chi connectivity index (χ4n) is 4.67. The van der Waals surface area contributed by atoms with E-state index in [-0.39, 0.29) is 17.4 Å². The number of fused-ring (bicyclic) bond motifs is 3. The van der Waals surface area contributed by atoms with Crippen molar-refractivity contribution in [2.75, 3.05) is 12.4 Å². The van der Waals surface area contributed by atoms with Crippen molar-refractivity contribution in [3.05, 3.63) is 64.5 Å². The Bertz CT molecular complexity index is 848. The smallest absolute Gasteiger partial charge is 0.337 e. The van der Waals surface area contributed by atoms with E-state index in [0.29, 0.717) is 17.4 Å². The van der Waals surface area contributed by atoms with Crippen molar-refractivity contribution in [2.45, 2.75) is 44.6 Å². The summed E-state index contributed by atoms with van der Waals surface area (Å²) in [6.45, 7) is 2.12. The highest BCUT2D eigenvalue weighted by molar-refractivity contribution is 5.89. The van der Waals surface area contributed by atoms with Crippen LogP contribution in [0.15, 0.2) is 36.4 Å². The predicted octanol–water partition coefficient (Wildman–Crippen LogP) is 5.36. The molecule has 2 aliphatic rings. The van der Waals surface area contributed by atoms with E-state index in [4.69, 9.17) is 4.74 Å². The summed E-state index contributed by atoms with van der Waals surface area (Å²) < 4.78 is 19.6. The predicted molar refractivity (Wildman–Crippen MR) is 100.0 cm³/mol. The van der Waals surface area contributed by atoms with Crippen molar-refractivity contribution in [1.82, 2.24) is 0 Å². The molecule has 4 rings (SSSR count). The molecule has 0 amide bonds. The SMILES string of the molecule is COC(=O)c1ccc([C@@H]2Nc3ccc(C)cc3[C@@H]3CCCC[C@@H]32)c(F)c1. The van der Waals surface area contributed by atoms with Crippen molar-refractivity contribution in [3.8, 4) is 0 Å². The van der Waals surface area contributed by atoms with Crippen molar-refractivity contribution in [3.63, 3.8) is 0 Å². The van der Waals surface area contributed by atoms with Crippen LogP contribution in [-0.4, -0.2) is 13.1 Å². The second-order valence-corrected chi connectivity index (χ2v) is 7.50. The monoisotopic (exact) mass is 353 g/mol. The van der Waals surface area contributed by atoms with Crippen LogP contribution in [0.4, 0.5) is 10.1 Å². The van der Waals surface area contributed by atoms with E-state index in [0.717, 1.165) is 18.5 Å². The Labute approximate surface area is 153 Å². The minimum atomic E-state index is -0.511. The molecule has 0 unspecified atom stereocenters. The van der Waals surface area contributed by atoms with E-state index < -0.39 is 5.97 Å². The van der Waals surface area contributed by atoms with Crippen LogP contribution in [0.2, 0.25) is 0 Å². The Morgan fingerprint density at radius 3 is 2.69 bits per heavy atom. The summed E-state index contributed by atoms with van der Waals surface area (Å²) in [6.07, 6.45) is 4.66. The summed E-state index contributed by atoms with van der Waals surface area (Å²) in [4.78, 5) is 11.7. The number of nitrogens with one attached hydrogen (secondary N) is 1. The fourth-order valence-corrected chi connectivity index (χ4v) is 4.67. The van der Waals surface area contributed by atoms with Gasteiger partial charge < -0.3 is 10.1 Å². The molecule has 3 atom stereocenters. The first-order valence-corrected chi connectivity index (χ1v) is 9.33. The molecule has 1 N–H and O–H groups in total. The summed E-state index contributed by atoms with van der Waals surface area (Å²) in [6, 6.07) is 11.1. The van der Waals surface area contributed by atoms with Gasteiger partial charge in [-0.05, 0) is 55.4 Å². The molecule has 0 saturated heterocycles. The number of methoxy groups -OCH3 is 1. The maximum absolute atomic E-state index is 14.9. The number of carbonyl (C=O) groups is 1. The zero-order valence-corrected chi connectivity index (χ0v) is 15.2. The summed E-state index contributed by atoms with van der Waals surface area (Å²) in [5, 5.41) is 3.59. The molecule has 3 nitrogen and oxygen atoms in total. The normalized spacial score (nSPS) is 24.2. The van der Waals surface area contributed by atoms with Gasteiger partial charge in [-0.3, -0.25) is 0 Å². The average molecular weight is 353 g/mol. The number of esters is 1. The third kappa shape index (κ3) is 2.87. The molecule has 0 aromatic heterocycles. The lowest BCUT2D eigenvalue weighted by atomic mass is 9.68. The van der Waals surface area contributed by atoms with Crippen LogP contribution in [0.1, 0.15) is 64.7 Å². The van der Waals surface area contributed by atoms with E-state index in [1.54, 1.807) is 12.1 Å². The van der Waals surface area contributed by atoms with Crippen molar-refractivity contribution in [2.24, 2.45) is 5.92 Å². The highest BCUT2D eigenvalue weighted by Gasteiger charge is 2.39. The van der Waals surface area contributed by atoms with Crippen molar-refractivity contribution < 1.29 is 13.9 Å². The van der Waals surface area contributed by atoms with E-state index in [1.165, 1.54) is 37.1 Å². The Hall–Kier alpha value is -2.36. The molecule has 0 spiro atoms. The van der Waals surface area contributed by atoms with E-state index >= 15 is 0 Å². The lowest BCUT2D eigenvalue weighted by molar-refractivity contribution is 0.0600. The van der Waals surface area contributed by atoms with Gasteiger partial charge in [0.15, 0.2) is 0 Å². The maximum atomic E-state index is 14.9. The highest BCUT2D eigenvalue weighted by Crippen LogP contribution is 2.51. The quantitative estimate of drug-likeness (QED) is 0.739. The van der Waals surface area contributed by atoms with Crippen LogP contribution in [-0.2, 0) is 4.74 Å². The molecular formula is C22H24FNO2. The second kappa shape index (κ2) is 6.75. The van der Waals surface area contributed by atoms with Gasteiger partial charge in [0.05, 0.1) is 18.7 Å². The third-order valence-corrected chi connectivity index (χ3v) is 5.92. The molecule has 0 radical (unpaired) electrons. The van der Waals surface area contributed by atoms with Gasteiger partial charge in [-0.25, -0.2) is 9.18 Å². The van der Waals surface area contributed by atoms with Crippen LogP contribution in [0.3, 0.4) is 0 Å². The molecule has 1 aliphatic heterocycles. The number of aryl methyl sites for hydroxylation is 1. The molecule has 1 aliphatic carbocycles. The highest BCUT2D eigenvalue weighted by atomic mass is 19.1. The lowest BCUT2D eigenvalue weighted by Gasteiger charge is -2.44. The second-order valence-electron chi connectivity index (χ2n) is 7.50. The summed E-state index contributed by atoms with van der Waals surface area (Å²) >= 11 is 0. The molecular weight excluding hydrogens is 329 g/mol. The molecule has 1 fully saturated rings. The van der Waals surface area contributed by atoms with Crippen LogP contribution in [0, 0.1) is 18.7 Å². The van der Waals surface area contributed by atoms with Gasteiger partial charge in [0.2, 0.25) is 0 Å². The summed E-state index contributed by atoms with van der Waals surface area (Å²) in [7, 11) is 1.31. The van der Waals surface area contributed by atoms with E-state index in [9.17, 15) is 9.18 Å². The van der Waals surface area contributed by atoms with Crippen molar-refractivity contribution >= 4 is 11.7 Å². The molecule has 1 heterocycles. The number of carbonyl (C=O) groups excluding carboxylic acids is 1. The van der Waals surface area contributed by atoms with E-state index in [1.807, 2.05) is 0 Å². The lowest BCUT2D eigenvalue weighted by Crippen LogP contribution is -2.34. The Morgan fingerprint density at radius 2 is 1.92 bits per heavy atom. The largest absolute Gasteiger partial charge is 0.465 e. The number of hydrogen-bond donors (Lipinski definition) is 1. The van der Waals surface area contributed by atoms with Gasteiger partial charge in [0.25, 0.3) is 0 Å².